The minimum absolute atomic E-state index is 0.315. The van der Waals surface area contributed by atoms with Gasteiger partial charge < -0.3 is 0 Å². The third kappa shape index (κ3) is 3.36. The molecule has 0 bridgehead atoms. The van der Waals surface area contributed by atoms with Crippen LogP contribution in [0.15, 0.2) is 12.0 Å². The number of aryl methyl sites for hydroxylation is 1. The minimum atomic E-state index is -3.41. The first-order valence-electron chi connectivity index (χ1n) is 4.96. The molecule has 0 amide bonds. The zero-order chi connectivity index (χ0) is 12.2. The number of nitrogens with one attached hydrogen (secondary N) is 1. The Balaban J connectivity index is 2.84. The molecule has 0 aromatic carbocycles. The highest BCUT2D eigenvalue weighted by molar-refractivity contribution is 7.92. The van der Waals surface area contributed by atoms with Crippen molar-refractivity contribution in [3.8, 4) is 0 Å². The lowest BCUT2D eigenvalue weighted by molar-refractivity contribution is 0.576. The van der Waals surface area contributed by atoms with E-state index in [-0.39, 0.29) is 6.04 Å². The average molecular weight is 261 g/mol. The third-order valence-electron chi connectivity index (χ3n) is 2.03. The van der Waals surface area contributed by atoms with Crippen LogP contribution in [-0.4, -0.2) is 18.0 Å². The van der Waals surface area contributed by atoms with Crippen LogP contribution in [0.3, 0.4) is 0 Å². The van der Waals surface area contributed by atoms with Crippen molar-refractivity contribution in [2.75, 3.05) is 0 Å². The molecule has 0 saturated carbocycles. The summed E-state index contributed by atoms with van der Waals surface area (Å²) in [7, 11) is -3.41. The molecule has 1 aromatic heterocycles. The van der Waals surface area contributed by atoms with Crippen LogP contribution < -0.4 is 4.72 Å². The summed E-state index contributed by atoms with van der Waals surface area (Å²) in [6.07, 6.45) is 1.77. The Morgan fingerprint density at radius 3 is 2.88 bits per heavy atom. The lowest BCUT2D eigenvalue weighted by atomic mass is 10.2. The average Bonchev–Trinajstić information content (AvgIpc) is 2.66. The van der Waals surface area contributed by atoms with Crippen molar-refractivity contribution in [2.45, 2.75) is 32.7 Å². The first-order valence-corrected chi connectivity index (χ1v) is 7.28. The maximum Gasteiger partial charge on any atom is 0.233 e. The molecule has 0 spiro atoms. The maximum absolute atomic E-state index is 11.3. The first kappa shape index (κ1) is 13.3. The van der Waals surface area contributed by atoms with E-state index in [0.717, 1.165) is 28.8 Å². The second kappa shape index (κ2) is 5.51. The van der Waals surface area contributed by atoms with E-state index < -0.39 is 10.0 Å². The lowest BCUT2D eigenvalue weighted by Gasteiger charge is -2.10. The molecule has 1 atom stereocenters. The Hall–Kier alpha value is -0.790. The van der Waals surface area contributed by atoms with Crippen molar-refractivity contribution in [3.05, 3.63) is 22.6 Å². The molecule has 0 saturated heterocycles. The van der Waals surface area contributed by atoms with Gasteiger partial charge in [-0.25, -0.2) is 13.1 Å². The zero-order valence-electron chi connectivity index (χ0n) is 9.30. The largest absolute Gasteiger partial charge is 0.233 e. The van der Waals surface area contributed by atoms with Crippen LogP contribution in [0.25, 0.3) is 0 Å². The lowest BCUT2D eigenvalue weighted by Crippen LogP contribution is -2.24. The second-order valence-corrected chi connectivity index (χ2v) is 5.83. The van der Waals surface area contributed by atoms with Crippen molar-refractivity contribution in [2.24, 2.45) is 0 Å². The summed E-state index contributed by atoms with van der Waals surface area (Å²) < 4.78 is 29.0. The number of hydrogen-bond acceptors (Lipinski definition) is 5. The topological polar surface area (TPSA) is 72.0 Å². The van der Waals surface area contributed by atoms with Crippen molar-refractivity contribution in [1.82, 2.24) is 14.3 Å². The van der Waals surface area contributed by atoms with Crippen molar-refractivity contribution in [1.29, 1.82) is 0 Å². The minimum Gasteiger partial charge on any atom is -0.208 e. The van der Waals surface area contributed by atoms with Gasteiger partial charge in [-0.3, -0.25) is 0 Å². The van der Waals surface area contributed by atoms with E-state index >= 15 is 0 Å². The fourth-order valence-electron chi connectivity index (χ4n) is 1.30. The van der Waals surface area contributed by atoms with Crippen LogP contribution in [0.1, 0.15) is 36.9 Å². The third-order valence-corrected chi connectivity index (χ3v) is 4.10. The van der Waals surface area contributed by atoms with E-state index in [2.05, 4.69) is 20.9 Å². The van der Waals surface area contributed by atoms with Crippen molar-refractivity contribution >= 4 is 21.6 Å². The molecule has 0 radical (unpaired) electrons. The van der Waals surface area contributed by atoms with E-state index in [1.165, 1.54) is 11.5 Å². The Bertz CT molecular complexity index is 453. The highest BCUT2D eigenvalue weighted by Gasteiger charge is 2.18. The van der Waals surface area contributed by atoms with Gasteiger partial charge in [-0.05, 0) is 24.9 Å². The summed E-state index contributed by atoms with van der Waals surface area (Å²) in [4.78, 5) is 0.868. The number of aromatic nitrogens is 2. The quantitative estimate of drug-likeness (QED) is 0.844. The smallest absolute Gasteiger partial charge is 0.208 e. The van der Waals surface area contributed by atoms with Gasteiger partial charge in [0.25, 0.3) is 0 Å². The SMILES string of the molecule is C=CS(=O)(=O)NC(C)c1snnc1CCC. The van der Waals surface area contributed by atoms with Gasteiger partial charge in [0.1, 0.15) is 0 Å². The molecule has 1 unspecified atom stereocenters. The highest BCUT2D eigenvalue weighted by Crippen LogP contribution is 2.21. The Morgan fingerprint density at radius 1 is 1.62 bits per heavy atom. The normalized spacial score (nSPS) is 13.6. The van der Waals surface area contributed by atoms with Crippen LogP contribution in [-0.2, 0) is 16.4 Å². The zero-order valence-corrected chi connectivity index (χ0v) is 10.9. The van der Waals surface area contributed by atoms with Crippen LogP contribution in [0, 0.1) is 0 Å². The molecule has 90 valence electrons. The summed E-state index contributed by atoms with van der Waals surface area (Å²) in [6, 6.07) is -0.315. The number of hydrogen-bond donors (Lipinski definition) is 1. The molecule has 1 heterocycles. The molecule has 5 nitrogen and oxygen atoms in total. The van der Waals surface area contributed by atoms with Crippen molar-refractivity contribution < 1.29 is 8.42 Å². The molecule has 0 fully saturated rings. The van der Waals surface area contributed by atoms with E-state index in [0.29, 0.717) is 0 Å². The van der Waals surface area contributed by atoms with Gasteiger partial charge in [0, 0.05) is 5.41 Å². The first-order chi connectivity index (χ1) is 7.50. The standard InChI is InChI=1S/C9H15N3O2S2/c1-4-6-8-9(15-12-10-8)7(3)11-16(13,14)5-2/h5,7,11H,2,4,6H2,1,3H3. The predicted molar refractivity (Wildman–Crippen MR) is 64.6 cm³/mol. The van der Waals surface area contributed by atoms with Crippen LogP contribution in [0.5, 0.6) is 0 Å². The molecular formula is C9H15N3O2S2. The fourth-order valence-corrected chi connectivity index (χ4v) is 2.78. The van der Waals surface area contributed by atoms with E-state index in [1.807, 2.05) is 6.92 Å². The van der Waals surface area contributed by atoms with Crippen LogP contribution in [0.4, 0.5) is 0 Å². The Kier molecular flexibility index (Phi) is 4.57. The molecule has 1 aromatic rings. The number of nitrogens with zero attached hydrogens (tertiary/aromatic N) is 2. The van der Waals surface area contributed by atoms with E-state index in [9.17, 15) is 8.42 Å². The molecule has 1 N–H and O–H groups in total. The van der Waals surface area contributed by atoms with Crippen molar-refractivity contribution in [3.63, 3.8) is 0 Å². The highest BCUT2D eigenvalue weighted by atomic mass is 32.2. The fraction of sp³-hybridized carbons (Fsp3) is 0.556. The number of rotatable bonds is 6. The Morgan fingerprint density at radius 2 is 2.31 bits per heavy atom. The van der Waals surface area contributed by atoms with Crippen LogP contribution in [0.2, 0.25) is 0 Å². The molecule has 1 rings (SSSR count). The van der Waals surface area contributed by atoms with Gasteiger partial charge in [-0.15, -0.1) is 5.10 Å². The van der Waals surface area contributed by atoms with Gasteiger partial charge in [0.15, 0.2) is 0 Å². The van der Waals surface area contributed by atoms with E-state index in [1.54, 1.807) is 6.92 Å². The summed E-state index contributed by atoms with van der Waals surface area (Å²) in [6.45, 7) is 7.06. The van der Waals surface area contributed by atoms with Gasteiger partial charge in [0.05, 0.1) is 16.6 Å². The Labute approximate surface area is 99.8 Å². The molecule has 7 heteroatoms. The number of sulfonamides is 1. The van der Waals surface area contributed by atoms with Gasteiger partial charge in [0.2, 0.25) is 10.0 Å². The summed E-state index contributed by atoms with van der Waals surface area (Å²) >= 11 is 1.23. The molecule has 0 aliphatic carbocycles. The predicted octanol–water partition coefficient (Wildman–Crippen LogP) is 1.61. The molecule has 16 heavy (non-hydrogen) atoms. The maximum atomic E-state index is 11.3. The van der Waals surface area contributed by atoms with Gasteiger partial charge in [-0.1, -0.05) is 24.4 Å². The monoisotopic (exact) mass is 261 g/mol. The van der Waals surface area contributed by atoms with Gasteiger partial charge in [-0.2, -0.15) is 0 Å². The van der Waals surface area contributed by atoms with Gasteiger partial charge >= 0.3 is 0 Å². The second-order valence-electron chi connectivity index (χ2n) is 3.39. The molecular weight excluding hydrogens is 246 g/mol. The van der Waals surface area contributed by atoms with E-state index in [4.69, 9.17) is 0 Å². The summed E-state index contributed by atoms with van der Waals surface area (Å²) in [5, 5.41) is 4.89. The summed E-state index contributed by atoms with van der Waals surface area (Å²) in [5.74, 6) is 0. The molecule has 0 aliphatic rings. The van der Waals surface area contributed by atoms with Crippen LogP contribution >= 0.6 is 11.5 Å². The molecule has 0 aliphatic heterocycles. The summed E-state index contributed by atoms with van der Waals surface area (Å²) in [5.41, 5.74) is 0.867.